The molecule has 5 nitrogen and oxygen atoms in total. The highest BCUT2D eigenvalue weighted by Gasteiger charge is 2.61. The molecule has 1 aliphatic heterocycles. The van der Waals surface area contributed by atoms with Crippen molar-refractivity contribution in [2.24, 2.45) is 5.41 Å². The number of aliphatic hydroxyl groups excluding tert-OH is 1. The number of carbonyl (C=O) groups excluding carboxylic acids is 1. The quantitative estimate of drug-likeness (QED) is 0.778. The minimum atomic E-state index is -0.946. The molecule has 18 heavy (non-hydrogen) atoms. The van der Waals surface area contributed by atoms with E-state index in [1.807, 2.05) is 20.8 Å². The Balaban J connectivity index is 1.98. The second-order valence-electron chi connectivity index (χ2n) is 6.62. The zero-order valence-corrected chi connectivity index (χ0v) is 11.4. The van der Waals surface area contributed by atoms with Gasteiger partial charge < -0.3 is 19.8 Å². The van der Waals surface area contributed by atoms with Crippen LogP contribution < -0.4 is 0 Å². The summed E-state index contributed by atoms with van der Waals surface area (Å²) in [6.45, 7) is 6.22. The zero-order chi connectivity index (χ0) is 13.6. The Morgan fingerprint density at radius 3 is 2.39 bits per heavy atom. The fourth-order valence-corrected chi connectivity index (χ4v) is 2.63. The van der Waals surface area contributed by atoms with Gasteiger partial charge in [0, 0.05) is 12.0 Å². The highest BCUT2D eigenvalue weighted by Crippen LogP contribution is 2.56. The van der Waals surface area contributed by atoms with Crippen LogP contribution in [0.3, 0.4) is 0 Å². The summed E-state index contributed by atoms with van der Waals surface area (Å²) in [5, 5.41) is 20.0. The van der Waals surface area contributed by atoms with E-state index in [-0.39, 0.29) is 24.7 Å². The van der Waals surface area contributed by atoms with E-state index in [9.17, 15) is 15.0 Å². The molecule has 2 aliphatic rings. The second-order valence-corrected chi connectivity index (χ2v) is 6.62. The first-order valence-corrected chi connectivity index (χ1v) is 6.53. The molecule has 1 unspecified atom stereocenters. The minimum Gasteiger partial charge on any atom is -0.444 e. The molecule has 1 saturated heterocycles. The van der Waals surface area contributed by atoms with Crippen molar-refractivity contribution in [3.8, 4) is 0 Å². The van der Waals surface area contributed by atoms with Crippen molar-refractivity contribution in [3.63, 3.8) is 0 Å². The van der Waals surface area contributed by atoms with Gasteiger partial charge in [0.1, 0.15) is 5.60 Å². The second kappa shape index (κ2) is 4.10. The van der Waals surface area contributed by atoms with Gasteiger partial charge in [-0.25, -0.2) is 4.79 Å². The number of β-amino-alcohol motifs (C(OH)–C–C–N with tert-alkyl or cyclic N) is 1. The van der Waals surface area contributed by atoms with E-state index < -0.39 is 11.2 Å². The van der Waals surface area contributed by atoms with E-state index in [1.54, 1.807) is 4.90 Å². The molecule has 0 spiro atoms. The first-order valence-electron chi connectivity index (χ1n) is 6.53. The van der Waals surface area contributed by atoms with Gasteiger partial charge in [-0.15, -0.1) is 0 Å². The molecule has 0 aromatic carbocycles. The van der Waals surface area contributed by atoms with Gasteiger partial charge in [-0.2, -0.15) is 0 Å². The molecule has 1 atom stereocenters. The van der Waals surface area contributed by atoms with Crippen LogP contribution in [0.15, 0.2) is 0 Å². The van der Waals surface area contributed by atoms with Crippen LogP contribution in [0.1, 0.15) is 40.0 Å². The largest absolute Gasteiger partial charge is 0.444 e. The van der Waals surface area contributed by atoms with Crippen LogP contribution in [-0.4, -0.2) is 52.1 Å². The molecular formula is C13H23NO4. The molecule has 0 aromatic heterocycles. The van der Waals surface area contributed by atoms with E-state index in [0.29, 0.717) is 13.0 Å². The van der Waals surface area contributed by atoms with E-state index in [0.717, 1.165) is 12.8 Å². The lowest BCUT2D eigenvalue weighted by molar-refractivity contribution is -0.0482. The third-order valence-corrected chi connectivity index (χ3v) is 4.04. The normalized spacial score (nSPS) is 30.4. The van der Waals surface area contributed by atoms with Gasteiger partial charge in [-0.1, -0.05) is 0 Å². The molecule has 1 amide bonds. The van der Waals surface area contributed by atoms with Crippen LogP contribution in [0.2, 0.25) is 0 Å². The number of aliphatic hydroxyl groups is 2. The van der Waals surface area contributed by atoms with Crippen molar-refractivity contribution in [1.29, 1.82) is 0 Å². The number of rotatable bonds is 2. The Bertz CT molecular complexity index is 345. The topological polar surface area (TPSA) is 70.0 Å². The summed E-state index contributed by atoms with van der Waals surface area (Å²) in [5.74, 6) is 0. The van der Waals surface area contributed by atoms with Crippen molar-refractivity contribution in [3.05, 3.63) is 0 Å². The number of hydrogen-bond acceptors (Lipinski definition) is 4. The van der Waals surface area contributed by atoms with Crippen molar-refractivity contribution < 1.29 is 19.7 Å². The molecule has 1 saturated carbocycles. The smallest absolute Gasteiger partial charge is 0.410 e. The third kappa shape index (κ3) is 2.34. The molecule has 2 rings (SSSR count). The van der Waals surface area contributed by atoms with Gasteiger partial charge in [0.15, 0.2) is 0 Å². The maximum atomic E-state index is 11.9. The zero-order valence-electron chi connectivity index (χ0n) is 11.4. The van der Waals surface area contributed by atoms with Crippen LogP contribution >= 0.6 is 0 Å². The number of ether oxygens (including phenoxy) is 1. The number of nitrogens with zero attached hydrogens (tertiary/aromatic N) is 1. The lowest BCUT2D eigenvalue weighted by Gasteiger charge is -2.32. The average Bonchev–Trinajstić information content (AvgIpc) is 2.95. The Hall–Kier alpha value is -0.810. The molecule has 2 N–H and O–H groups in total. The molecule has 104 valence electrons. The van der Waals surface area contributed by atoms with Gasteiger partial charge in [-0.3, -0.25) is 0 Å². The Labute approximate surface area is 108 Å². The number of hydrogen-bond donors (Lipinski definition) is 2. The lowest BCUT2D eigenvalue weighted by atomic mass is 9.84. The van der Waals surface area contributed by atoms with Gasteiger partial charge in [-0.05, 0) is 40.0 Å². The predicted octanol–water partition coefficient (Wildman–Crippen LogP) is 1.13. The van der Waals surface area contributed by atoms with Crippen molar-refractivity contribution in [2.75, 3.05) is 19.7 Å². The maximum Gasteiger partial charge on any atom is 0.410 e. The van der Waals surface area contributed by atoms with Gasteiger partial charge in [0.2, 0.25) is 0 Å². The Morgan fingerprint density at radius 2 is 1.94 bits per heavy atom. The average molecular weight is 257 g/mol. The Morgan fingerprint density at radius 1 is 1.33 bits per heavy atom. The fraction of sp³-hybridized carbons (Fsp3) is 0.923. The van der Waals surface area contributed by atoms with Crippen LogP contribution in [0.4, 0.5) is 4.79 Å². The number of likely N-dealkylation sites (tertiary alicyclic amines) is 1. The third-order valence-electron chi connectivity index (χ3n) is 4.04. The summed E-state index contributed by atoms with van der Waals surface area (Å²) >= 11 is 0. The predicted molar refractivity (Wildman–Crippen MR) is 66.1 cm³/mol. The molecule has 0 aromatic rings. The van der Waals surface area contributed by atoms with Crippen LogP contribution in [0.5, 0.6) is 0 Å². The number of carbonyl (C=O) groups is 1. The molecule has 0 radical (unpaired) electrons. The molecular weight excluding hydrogens is 234 g/mol. The van der Waals surface area contributed by atoms with Crippen LogP contribution in [-0.2, 0) is 4.74 Å². The van der Waals surface area contributed by atoms with Gasteiger partial charge in [0.05, 0.1) is 18.8 Å². The van der Waals surface area contributed by atoms with Crippen molar-refractivity contribution >= 4 is 6.09 Å². The summed E-state index contributed by atoms with van der Waals surface area (Å²) in [5.41, 5.74) is -1.85. The molecule has 2 fully saturated rings. The van der Waals surface area contributed by atoms with Crippen molar-refractivity contribution in [2.45, 2.75) is 51.2 Å². The molecule has 1 heterocycles. The van der Waals surface area contributed by atoms with Gasteiger partial charge >= 0.3 is 6.09 Å². The standard InChI is InChI=1S/C13H23NO4/c1-11(2,3)18-10(16)14-7-6-13(17,8-14)12(9-15)4-5-12/h15,17H,4-9H2,1-3H3. The molecule has 1 aliphatic carbocycles. The first kappa shape index (κ1) is 13.6. The summed E-state index contributed by atoms with van der Waals surface area (Å²) in [6.07, 6.45) is 1.81. The fourth-order valence-electron chi connectivity index (χ4n) is 2.63. The SMILES string of the molecule is CC(C)(C)OC(=O)N1CCC(O)(C2(CO)CC2)C1. The van der Waals surface area contributed by atoms with E-state index in [1.165, 1.54) is 0 Å². The highest BCUT2D eigenvalue weighted by atomic mass is 16.6. The van der Waals surface area contributed by atoms with E-state index in [4.69, 9.17) is 4.74 Å². The van der Waals surface area contributed by atoms with E-state index >= 15 is 0 Å². The first-order chi connectivity index (χ1) is 8.21. The van der Waals surface area contributed by atoms with Crippen LogP contribution in [0.25, 0.3) is 0 Å². The lowest BCUT2D eigenvalue weighted by Crippen LogP contribution is -2.46. The van der Waals surface area contributed by atoms with Crippen LogP contribution in [0, 0.1) is 5.41 Å². The number of amides is 1. The summed E-state index contributed by atoms with van der Waals surface area (Å²) < 4.78 is 5.30. The minimum absolute atomic E-state index is 0.00828. The highest BCUT2D eigenvalue weighted by molar-refractivity contribution is 5.68. The maximum absolute atomic E-state index is 11.9. The van der Waals surface area contributed by atoms with Gasteiger partial charge in [0.25, 0.3) is 0 Å². The van der Waals surface area contributed by atoms with Crippen molar-refractivity contribution in [1.82, 2.24) is 4.90 Å². The van der Waals surface area contributed by atoms with E-state index in [2.05, 4.69) is 0 Å². The summed E-state index contributed by atoms with van der Waals surface area (Å²) in [6, 6.07) is 0. The Kier molecular flexibility index (Phi) is 3.10. The molecule has 0 bridgehead atoms. The summed E-state index contributed by atoms with van der Waals surface area (Å²) in [4.78, 5) is 13.5. The monoisotopic (exact) mass is 257 g/mol. The molecule has 5 heteroatoms. The summed E-state index contributed by atoms with van der Waals surface area (Å²) in [7, 11) is 0.